The zero-order valence-corrected chi connectivity index (χ0v) is 11.6. The molecule has 0 bridgehead atoms. The van der Waals surface area contributed by atoms with Gasteiger partial charge in [0.15, 0.2) is 6.20 Å². The topological polar surface area (TPSA) is 15.4 Å². The first kappa shape index (κ1) is 14.5. The Hall–Kier alpha value is -2.43. The summed E-state index contributed by atoms with van der Waals surface area (Å²) >= 11 is 0. The molecule has 112 valence electrons. The maximum absolute atomic E-state index is 13.4. The standard InChI is InChI=1S/C17H14F3N2/c18-17(19,20)16-15(13-7-3-1-4-8-13)11-12-22(21-16)14-9-5-2-6-10-14/h1-12,15-16H/q+1. The van der Waals surface area contributed by atoms with Crippen LogP contribution >= 0.6 is 0 Å². The first-order chi connectivity index (χ1) is 10.6. The fourth-order valence-electron chi connectivity index (χ4n) is 2.50. The van der Waals surface area contributed by atoms with Crippen molar-refractivity contribution in [1.29, 1.82) is 0 Å². The van der Waals surface area contributed by atoms with Crippen molar-refractivity contribution in [3.05, 3.63) is 78.5 Å². The van der Waals surface area contributed by atoms with Crippen molar-refractivity contribution in [1.82, 2.24) is 0 Å². The van der Waals surface area contributed by atoms with Gasteiger partial charge in [-0.3, -0.25) is 0 Å². The third-order valence-electron chi connectivity index (χ3n) is 3.56. The second kappa shape index (κ2) is 5.75. The van der Waals surface area contributed by atoms with Gasteiger partial charge in [0.05, 0.1) is 0 Å². The van der Waals surface area contributed by atoms with Crippen LogP contribution in [-0.2, 0) is 0 Å². The van der Waals surface area contributed by atoms with Crippen LogP contribution in [0.15, 0.2) is 78.1 Å². The quantitative estimate of drug-likeness (QED) is 0.692. The zero-order chi connectivity index (χ0) is 15.6. The van der Waals surface area contributed by atoms with E-state index in [1.807, 2.05) is 6.07 Å². The second-order valence-electron chi connectivity index (χ2n) is 5.06. The van der Waals surface area contributed by atoms with E-state index >= 15 is 0 Å². The van der Waals surface area contributed by atoms with Gasteiger partial charge in [0, 0.05) is 18.1 Å². The molecule has 0 saturated carbocycles. The first-order valence-corrected chi connectivity index (χ1v) is 6.91. The highest BCUT2D eigenvalue weighted by atomic mass is 19.4. The van der Waals surface area contributed by atoms with Crippen molar-refractivity contribution in [3.8, 4) is 0 Å². The molecule has 5 heteroatoms. The van der Waals surface area contributed by atoms with Gasteiger partial charge in [0.1, 0.15) is 0 Å². The molecule has 0 fully saturated rings. The van der Waals surface area contributed by atoms with Crippen LogP contribution in [0, 0.1) is 0 Å². The molecule has 0 amide bonds. The molecule has 0 radical (unpaired) electrons. The zero-order valence-electron chi connectivity index (χ0n) is 11.6. The number of alkyl halides is 3. The monoisotopic (exact) mass is 303 g/mol. The normalized spacial score (nSPS) is 21.5. The number of nitrogens with zero attached hydrogens (tertiary/aromatic N) is 2. The summed E-state index contributed by atoms with van der Waals surface area (Å²) in [6, 6.07) is 15.7. The van der Waals surface area contributed by atoms with E-state index in [-0.39, 0.29) is 0 Å². The van der Waals surface area contributed by atoms with Gasteiger partial charge < -0.3 is 0 Å². The lowest BCUT2D eigenvalue weighted by Gasteiger charge is -2.23. The lowest BCUT2D eigenvalue weighted by molar-refractivity contribution is -0.456. The largest absolute Gasteiger partial charge is 0.417 e. The van der Waals surface area contributed by atoms with Crippen LogP contribution in [0.5, 0.6) is 0 Å². The Morgan fingerprint density at radius 1 is 0.864 bits per heavy atom. The minimum absolute atomic E-state index is 0.609. The Balaban J connectivity index is 2.00. The summed E-state index contributed by atoms with van der Waals surface area (Å²) in [5, 5.41) is 3.90. The number of hydrogen-bond acceptors (Lipinski definition) is 1. The molecular formula is C17H14F3N2+. The van der Waals surface area contributed by atoms with Crippen LogP contribution in [-0.4, -0.2) is 16.9 Å². The fraction of sp³-hybridized carbons (Fsp3) is 0.176. The summed E-state index contributed by atoms with van der Waals surface area (Å²) in [6.07, 6.45) is -1.25. The van der Waals surface area contributed by atoms with Crippen molar-refractivity contribution >= 4 is 5.69 Å². The van der Waals surface area contributed by atoms with Gasteiger partial charge in [0.2, 0.25) is 11.7 Å². The van der Waals surface area contributed by atoms with Crippen LogP contribution in [0.4, 0.5) is 18.9 Å². The summed E-state index contributed by atoms with van der Waals surface area (Å²) in [6.45, 7) is 0. The molecule has 1 aliphatic rings. The Bertz CT molecular complexity index is 691. The molecule has 2 atom stereocenters. The minimum Gasteiger partial charge on any atom is -0.168 e. The average Bonchev–Trinajstić information content (AvgIpc) is 2.55. The molecule has 22 heavy (non-hydrogen) atoms. The van der Waals surface area contributed by atoms with E-state index in [1.54, 1.807) is 66.9 Å². The molecule has 0 saturated heterocycles. The molecule has 0 N–H and O–H groups in total. The lowest BCUT2D eigenvalue weighted by Crippen LogP contribution is -2.35. The number of rotatable bonds is 2. The van der Waals surface area contributed by atoms with Crippen molar-refractivity contribution in [2.75, 3.05) is 0 Å². The predicted octanol–water partition coefficient (Wildman–Crippen LogP) is 5.02. The summed E-state index contributed by atoms with van der Waals surface area (Å²) in [5.74, 6) is -0.804. The average molecular weight is 303 g/mol. The highest BCUT2D eigenvalue weighted by molar-refractivity contribution is 5.31. The molecular weight excluding hydrogens is 289 g/mol. The molecule has 0 spiro atoms. The fourth-order valence-corrected chi connectivity index (χ4v) is 2.50. The van der Waals surface area contributed by atoms with Crippen LogP contribution < -0.4 is 0 Å². The molecule has 0 aliphatic carbocycles. The molecule has 2 aromatic rings. The molecule has 3 rings (SSSR count). The number of halogens is 3. The van der Waals surface area contributed by atoms with Crippen molar-refractivity contribution in [2.45, 2.75) is 18.1 Å². The van der Waals surface area contributed by atoms with E-state index in [4.69, 9.17) is 0 Å². The van der Waals surface area contributed by atoms with E-state index < -0.39 is 18.1 Å². The van der Waals surface area contributed by atoms with Crippen LogP contribution in [0.2, 0.25) is 0 Å². The molecule has 2 unspecified atom stereocenters. The summed E-state index contributed by atoms with van der Waals surface area (Å²) in [4.78, 5) is 0. The van der Waals surface area contributed by atoms with Gasteiger partial charge in [-0.25, -0.2) is 0 Å². The summed E-state index contributed by atoms with van der Waals surface area (Å²) in [5.41, 5.74) is 1.22. The van der Waals surface area contributed by atoms with Crippen molar-refractivity contribution < 1.29 is 17.9 Å². The number of benzene rings is 2. The summed E-state index contributed by atoms with van der Waals surface area (Å²) in [7, 11) is 0. The van der Waals surface area contributed by atoms with E-state index in [0.717, 1.165) is 0 Å². The van der Waals surface area contributed by atoms with Gasteiger partial charge in [0.25, 0.3) is 0 Å². The molecule has 0 aromatic heterocycles. The number of hydrogen-bond donors (Lipinski definition) is 0. The Labute approximate surface area is 126 Å². The smallest absolute Gasteiger partial charge is 0.168 e. The molecule has 1 heterocycles. The lowest BCUT2D eigenvalue weighted by atomic mass is 9.90. The Kier molecular flexibility index (Phi) is 3.79. The highest BCUT2D eigenvalue weighted by Crippen LogP contribution is 2.38. The molecule has 2 aromatic carbocycles. The Morgan fingerprint density at radius 3 is 2.05 bits per heavy atom. The van der Waals surface area contributed by atoms with Gasteiger partial charge in [-0.1, -0.05) is 53.2 Å². The van der Waals surface area contributed by atoms with Crippen LogP contribution in [0.25, 0.3) is 0 Å². The van der Waals surface area contributed by atoms with Crippen LogP contribution in [0.1, 0.15) is 11.5 Å². The Morgan fingerprint density at radius 2 is 1.45 bits per heavy atom. The minimum atomic E-state index is -4.40. The second-order valence-corrected chi connectivity index (χ2v) is 5.06. The number of para-hydroxylation sites is 1. The van der Waals surface area contributed by atoms with E-state index in [1.165, 1.54) is 4.70 Å². The number of azo groups is 2. The highest BCUT2D eigenvalue weighted by Gasteiger charge is 2.49. The van der Waals surface area contributed by atoms with E-state index in [2.05, 4.69) is 5.11 Å². The predicted molar refractivity (Wildman–Crippen MR) is 77.0 cm³/mol. The van der Waals surface area contributed by atoms with E-state index in [0.29, 0.717) is 11.3 Å². The van der Waals surface area contributed by atoms with Gasteiger partial charge in [-0.15, -0.1) is 0 Å². The van der Waals surface area contributed by atoms with Gasteiger partial charge in [-0.2, -0.15) is 13.2 Å². The SMILES string of the molecule is FC(F)(F)C1N=[N+](c2ccccc2)C=CC1c1ccccc1. The molecule has 1 aliphatic heterocycles. The first-order valence-electron chi connectivity index (χ1n) is 6.91. The van der Waals surface area contributed by atoms with Crippen molar-refractivity contribution in [3.63, 3.8) is 0 Å². The maximum Gasteiger partial charge on any atom is 0.417 e. The van der Waals surface area contributed by atoms with Gasteiger partial charge in [-0.05, 0) is 16.8 Å². The van der Waals surface area contributed by atoms with Crippen molar-refractivity contribution in [2.24, 2.45) is 5.11 Å². The third-order valence-corrected chi connectivity index (χ3v) is 3.56. The van der Waals surface area contributed by atoms with Crippen LogP contribution in [0.3, 0.4) is 0 Å². The third kappa shape index (κ3) is 2.93. The van der Waals surface area contributed by atoms with E-state index in [9.17, 15) is 13.2 Å². The molecule has 2 nitrogen and oxygen atoms in total. The maximum atomic E-state index is 13.4. The summed E-state index contributed by atoms with van der Waals surface area (Å²) < 4.78 is 41.5. The van der Waals surface area contributed by atoms with Gasteiger partial charge >= 0.3 is 6.18 Å².